The lowest BCUT2D eigenvalue weighted by molar-refractivity contribution is -0.179. The van der Waals surface area contributed by atoms with Crippen molar-refractivity contribution >= 4 is 11.9 Å². The molecule has 0 N–H and O–H groups in total. The molecule has 0 radical (unpaired) electrons. The molecular formula is C15H12F3NO4. The summed E-state index contributed by atoms with van der Waals surface area (Å²) >= 11 is 0. The molecule has 8 heteroatoms. The van der Waals surface area contributed by atoms with Crippen molar-refractivity contribution in [1.29, 1.82) is 0 Å². The first-order chi connectivity index (χ1) is 10.7. The number of cyclic esters (lactones) is 1. The number of rotatable bonds is 1. The summed E-state index contributed by atoms with van der Waals surface area (Å²) in [5.41, 5.74) is -0.935. The molecule has 1 fully saturated rings. The molecule has 23 heavy (non-hydrogen) atoms. The number of carbonyl (C=O) groups excluding carboxylic acids is 2. The normalized spacial score (nSPS) is 22.9. The molecule has 0 saturated carbocycles. The number of morpholine rings is 1. The van der Waals surface area contributed by atoms with E-state index in [2.05, 4.69) is 0 Å². The van der Waals surface area contributed by atoms with Gasteiger partial charge in [-0.2, -0.15) is 0 Å². The monoisotopic (exact) mass is 327 g/mol. The summed E-state index contributed by atoms with van der Waals surface area (Å²) < 4.78 is 50.4. The highest BCUT2D eigenvalue weighted by molar-refractivity contribution is 6.33. The van der Waals surface area contributed by atoms with Crippen molar-refractivity contribution in [1.82, 2.24) is 4.90 Å². The summed E-state index contributed by atoms with van der Waals surface area (Å²) in [7, 11) is 0. The molecule has 0 unspecified atom stereocenters. The van der Waals surface area contributed by atoms with Gasteiger partial charge in [0, 0.05) is 0 Å². The number of amides is 1. The number of hydrogen-bond acceptors (Lipinski definition) is 4. The highest BCUT2D eigenvalue weighted by Crippen LogP contribution is 2.39. The Morgan fingerprint density at radius 1 is 1.17 bits per heavy atom. The van der Waals surface area contributed by atoms with Crippen LogP contribution < -0.4 is 0 Å². The zero-order chi connectivity index (χ0) is 16.9. The number of fused-ring (bicyclic) bond motifs is 1. The Bertz CT molecular complexity index is 721. The molecule has 3 rings (SSSR count). The fourth-order valence-corrected chi connectivity index (χ4v) is 2.64. The number of benzene rings is 1. The molecule has 0 aliphatic carbocycles. The Balaban J connectivity index is 2.09. The molecule has 1 saturated heterocycles. The Labute approximate surface area is 129 Å². The third kappa shape index (κ3) is 2.34. The largest absolute Gasteiger partial charge is 0.497 e. The van der Waals surface area contributed by atoms with Gasteiger partial charge in [0.05, 0.1) is 6.04 Å². The van der Waals surface area contributed by atoms with Gasteiger partial charge in [0.15, 0.2) is 17.5 Å². The lowest BCUT2D eigenvalue weighted by Crippen LogP contribution is -2.55. The first kappa shape index (κ1) is 15.4. The smallest absolute Gasteiger partial charge is 0.398 e. The molecule has 0 aromatic heterocycles. The van der Waals surface area contributed by atoms with Crippen LogP contribution in [0.15, 0.2) is 24.1 Å². The van der Waals surface area contributed by atoms with E-state index in [1.54, 1.807) is 13.8 Å². The fourth-order valence-electron chi connectivity index (χ4n) is 2.64. The zero-order valence-corrected chi connectivity index (χ0v) is 12.2. The van der Waals surface area contributed by atoms with Gasteiger partial charge in [-0.3, -0.25) is 9.69 Å². The standard InChI is InChI=1S/C15H12F3NO4/c1-15(2)11-6-22-5-10(19(11)13(20)14(21)23-15)7-3-8(16)12(18)9(17)4-7/h3-4,6,10H,5H2,1-2H3/t10-/m0/s1. The minimum atomic E-state index is -1.61. The van der Waals surface area contributed by atoms with Gasteiger partial charge in [-0.1, -0.05) is 0 Å². The number of halogens is 3. The summed E-state index contributed by atoms with van der Waals surface area (Å²) in [6, 6.07) is 0.574. The van der Waals surface area contributed by atoms with Crippen molar-refractivity contribution in [3.8, 4) is 0 Å². The van der Waals surface area contributed by atoms with E-state index in [-0.39, 0.29) is 17.9 Å². The number of esters is 1. The number of nitrogens with zero attached hydrogens (tertiary/aromatic N) is 1. The first-order valence-corrected chi connectivity index (χ1v) is 6.75. The van der Waals surface area contributed by atoms with Crippen LogP contribution in [0.5, 0.6) is 0 Å². The third-order valence-electron chi connectivity index (χ3n) is 3.77. The highest BCUT2D eigenvalue weighted by atomic mass is 19.2. The Kier molecular flexibility index (Phi) is 3.35. The Hall–Kier alpha value is -2.51. The maximum atomic E-state index is 13.5. The van der Waals surface area contributed by atoms with Crippen molar-refractivity contribution in [3.63, 3.8) is 0 Å². The van der Waals surface area contributed by atoms with Crippen LogP contribution >= 0.6 is 0 Å². The van der Waals surface area contributed by atoms with E-state index < -0.39 is 41.0 Å². The van der Waals surface area contributed by atoms with Crippen molar-refractivity contribution in [2.24, 2.45) is 0 Å². The molecule has 1 atom stereocenters. The van der Waals surface area contributed by atoms with E-state index in [1.165, 1.54) is 6.26 Å². The average molecular weight is 327 g/mol. The van der Waals surface area contributed by atoms with Gasteiger partial charge in [-0.15, -0.1) is 0 Å². The molecular weight excluding hydrogens is 315 g/mol. The van der Waals surface area contributed by atoms with E-state index in [4.69, 9.17) is 9.47 Å². The summed E-state index contributed by atoms with van der Waals surface area (Å²) in [5, 5.41) is 0. The van der Waals surface area contributed by atoms with Crippen LogP contribution in [-0.4, -0.2) is 29.0 Å². The van der Waals surface area contributed by atoms with Crippen molar-refractivity contribution in [2.45, 2.75) is 25.5 Å². The molecule has 1 aromatic rings. The lowest BCUT2D eigenvalue weighted by atomic mass is 9.96. The summed E-state index contributed by atoms with van der Waals surface area (Å²) in [5.74, 6) is -6.44. The minimum absolute atomic E-state index is 0.0224. The molecule has 5 nitrogen and oxygen atoms in total. The van der Waals surface area contributed by atoms with Crippen LogP contribution in [-0.2, 0) is 19.1 Å². The van der Waals surface area contributed by atoms with Crippen LogP contribution in [0.1, 0.15) is 25.5 Å². The molecule has 2 heterocycles. The average Bonchev–Trinajstić information content (AvgIpc) is 2.49. The van der Waals surface area contributed by atoms with Gasteiger partial charge in [0.1, 0.15) is 24.2 Å². The van der Waals surface area contributed by atoms with E-state index in [9.17, 15) is 22.8 Å². The lowest BCUT2D eigenvalue weighted by Gasteiger charge is -2.44. The van der Waals surface area contributed by atoms with E-state index in [0.717, 1.165) is 17.0 Å². The highest BCUT2D eigenvalue weighted by Gasteiger charge is 2.49. The van der Waals surface area contributed by atoms with E-state index in [0.29, 0.717) is 0 Å². The predicted octanol–water partition coefficient (Wildman–Crippen LogP) is 2.18. The molecule has 2 aliphatic heterocycles. The Morgan fingerprint density at radius 2 is 1.78 bits per heavy atom. The van der Waals surface area contributed by atoms with E-state index >= 15 is 0 Å². The molecule has 1 amide bonds. The van der Waals surface area contributed by atoms with E-state index in [1.807, 2.05) is 0 Å². The summed E-state index contributed by atoms with van der Waals surface area (Å²) in [6.07, 6.45) is 1.26. The van der Waals surface area contributed by atoms with Gasteiger partial charge >= 0.3 is 11.9 Å². The third-order valence-corrected chi connectivity index (χ3v) is 3.77. The number of carbonyl (C=O) groups is 2. The maximum absolute atomic E-state index is 13.5. The molecule has 0 spiro atoms. The van der Waals surface area contributed by atoms with Crippen LogP contribution in [0.2, 0.25) is 0 Å². The maximum Gasteiger partial charge on any atom is 0.398 e. The second kappa shape index (κ2) is 5.00. The zero-order valence-electron chi connectivity index (χ0n) is 12.2. The summed E-state index contributed by atoms with van der Waals surface area (Å²) in [6.45, 7) is 2.96. The quantitative estimate of drug-likeness (QED) is 0.451. The van der Waals surface area contributed by atoms with Crippen LogP contribution in [0.3, 0.4) is 0 Å². The molecule has 1 aromatic carbocycles. The number of hydrogen-bond donors (Lipinski definition) is 0. The van der Waals surface area contributed by atoms with Crippen LogP contribution in [0, 0.1) is 17.5 Å². The number of ether oxygens (including phenoxy) is 2. The summed E-state index contributed by atoms with van der Waals surface area (Å²) in [4.78, 5) is 25.0. The fraction of sp³-hybridized carbons (Fsp3) is 0.333. The van der Waals surface area contributed by atoms with Crippen molar-refractivity contribution in [3.05, 3.63) is 47.1 Å². The molecule has 2 aliphatic rings. The minimum Gasteiger partial charge on any atom is -0.497 e. The second-order valence-electron chi connectivity index (χ2n) is 5.73. The van der Waals surface area contributed by atoms with Gasteiger partial charge in [0.25, 0.3) is 0 Å². The topological polar surface area (TPSA) is 55.8 Å². The first-order valence-electron chi connectivity index (χ1n) is 6.75. The van der Waals surface area contributed by atoms with Gasteiger partial charge in [-0.25, -0.2) is 18.0 Å². The van der Waals surface area contributed by atoms with Crippen molar-refractivity contribution < 1.29 is 32.2 Å². The van der Waals surface area contributed by atoms with Gasteiger partial charge < -0.3 is 9.47 Å². The Morgan fingerprint density at radius 3 is 2.39 bits per heavy atom. The van der Waals surface area contributed by atoms with Crippen molar-refractivity contribution in [2.75, 3.05) is 6.61 Å². The van der Waals surface area contributed by atoms with Crippen LogP contribution in [0.4, 0.5) is 13.2 Å². The molecule has 0 bridgehead atoms. The SMILES string of the molecule is CC1(C)OC(=O)C(=O)N2C1=COC[C@H]2c1cc(F)c(F)c(F)c1. The molecule has 122 valence electrons. The second-order valence-corrected chi connectivity index (χ2v) is 5.73. The van der Waals surface area contributed by atoms with Crippen LogP contribution in [0.25, 0.3) is 0 Å². The van der Waals surface area contributed by atoms with Gasteiger partial charge in [0.2, 0.25) is 0 Å². The van der Waals surface area contributed by atoms with Gasteiger partial charge in [-0.05, 0) is 31.5 Å². The predicted molar refractivity (Wildman–Crippen MR) is 70.1 cm³/mol.